The molecule has 1 aromatic heterocycles. The average molecular weight is 377 g/mol. The van der Waals surface area contributed by atoms with E-state index in [1.165, 1.54) is 18.2 Å². The number of nitrogens with one attached hydrogen (secondary N) is 1. The third kappa shape index (κ3) is 3.35. The van der Waals surface area contributed by atoms with Crippen LogP contribution in [0.15, 0.2) is 46.9 Å². The smallest absolute Gasteiger partial charge is 0.338 e. The number of allylic oxidation sites excluding steroid dienone is 1. The third-order valence-corrected chi connectivity index (χ3v) is 4.35. The van der Waals surface area contributed by atoms with Crippen LogP contribution in [0.2, 0.25) is 5.02 Å². The number of amidine groups is 1. The Bertz CT molecular complexity index is 920. The van der Waals surface area contributed by atoms with Gasteiger partial charge in [0.1, 0.15) is 11.9 Å². The Hall–Kier alpha value is -2.67. The lowest BCUT2D eigenvalue weighted by molar-refractivity contribution is -0.138. The van der Waals surface area contributed by atoms with Crippen molar-refractivity contribution < 1.29 is 13.9 Å². The normalized spacial score (nSPS) is 17.0. The minimum absolute atomic E-state index is 0.189. The van der Waals surface area contributed by atoms with Gasteiger partial charge in [0.25, 0.3) is 0 Å². The van der Waals surface area contributed by atoms with Crippen LogP contribution in [0.5, 0.6) is 0 Å². The third-order valence-electron chi connectivity index (χ3n) is 4.03. The fourth-order valence-corrected chi connectivity index (χ4v) is 3.08. The molecular formula is C18H18ClFN4O2. The lowest BCUT2D eigenvalue weighted by Gasteiger charge is -2.26. The Kier molecular flexibility index (Phi) is 5.08. The van der Waals surface area contributed by atoms with E-state index in [4.69, 9.17) is 16.3 Å². The van der Waals surface area contributed by atoms with E-state index in [1.807, 2.05) is 7.05 Å². The summed E-state index contributed by atoms with van der Waals surface area (Å²) < 4.78 is 20.4. The Morgan fingerprint density at radius 3 is 2.85 bits per heavy atom. The van der Waals surface area contributed by atoms with E-state index in [1.54, 1.807) is 30.8 Å². The van der Waals surface area contributed by atoms with Gasteiger partial charge in [-0.3, -0.25) is 4.99 Å². The number of carbonyl (C=O) groups excluding carboxylic acids is 1. The van der Waals surface area contributed by atoms with Crippen molar-refractivity contribution in [3.63, 3.8) is 0 Å². The monoisotopic (exact) mass is 376 g/mol. The standard InChI is InChI=1S/C18H18ClFN4O2/c1-4-26-18(25)14-10(2)22-16(17-21-7-8-24(17)3)23-15(14)12-6-5-11(20)9-13(12)19/h5-9,15H,4H2,1-3H3,(H,22,23)/t15-/m0/s1. The molecule has 0 spiro atoms. The zero-order valence-corrected chi connectivity index (χ0v) is 15.3. The van der Waals surface area contributed by atoms with Crippen LogP contribution in [0.4, 0.5) is 4.39 Å². The summed E-state index contributed by atoms with van der Waals surface area (Å²) in [6, 6.07) is 3.29. The van der Waals surface area contributed by atoms with E-state index in [0.29, 0.717) is 28.5 Å². The molecule has 8 heteroatoms. The van der Waals surface area contributed by atoms with Gasteiger partial charge in [-0.1, -0.05) is 17.7 Å². The summed E-state index contributed by atoms with van der Waals surface area (Å²) in [6.45, 7) is 3.72. The van der Waals surface area contributed by atoms with Gasteiger partial charge in [0.15, 0.2) is 11.7 Å². The average Bonchev–Trinajstić information content (AvgIpc) is 3.00. The van der Waals surface area contributed by atoms with Crippen LogP contribution in [-0.2, 0) is 16.6 Å². The van der Waals surface area contributed by atoms with E-state index in [0.717, 1.165) is 0 Å². The van der Waals surface area contributed by atoms with E-state index < -0.39 is 17.8 Å². The first-order chi connectivity index (χ1) is 12.4. The lowest BCUT2D eigenvalue weighted by atomic mass is 9.96. The second-order valence-electron chi connectivity index (χ2n) is 5.79. The minimum Gasteiger partial charge on any atom is -0.463 e. The number of benzene rings is 1. The highest BCUT2D eigenvalue weighted by Crippen LogP contribution is 2.36. The van der Waals surface area contributed by atoms with Gasteiger partial charge in [0.2, 0.25) is 0 Å². The first-order valence-corrected chi connectivity index (χ1v) is 8.45. The number of nitrogens with zero attached hydrogens (tertiary/aromatic N) is 3. The zero-order chi connectivity index (χ0) is 18.8. The summed E-state index contributed by atoms with van der Waals surface area (Å²) in [7, 11) is 1.84. The number of rotatable bonds is 4. The Labute approximate surface area is 155 Å². The topological polar surface area (TPSA) is 68.5 Å². The molecule has 1 aliphatic rings. The first kappa shape index (κ1) is 18.1. The SMILES string of the molecule is CCOC(=O)C1=C(C)NC(c2nccn2C)=N[C@H]1c1ccc(F)cc1Cl. The number of aliphatic imine (C=N–C) groups is 1. The molecule has 0 fully saturated rings. The molecule has 0 saturated heterocycles. The summed E-state index contributed by atoms with van der Waals surface area (Å²) in [5.41, 5.74) is 1.43. The molecule has 0 amide bonds. The van der Waals surface area contributed by atoms with Crippen molar-refractivity contribution >= 4 is 23.4 Å². The predicted molar refractivity (Wildman–Crippen MR) is 96.4 cm³/mol. The Morgan fingerprint density at radius 1 is 1.46 bits per heavy atom. The Balaban J connectivity index is 2.14. The van der Waals surface area contributed by atoms with Crippen LogP contribution in [0, 0.1) is 5.82 Å². The van der Waals surface area contributed by atoms with Crippen LogP contribution in [0.25, 0.3) is 0 Å². The van der Waals surface area contributed by atoms with Crippen LogP contribution in [0.1, 0.15) is 31.3 Å². The highest BCUT2D eigenvalue weighted by atomic mass is 35.5. The number of esters is 1. The van der Waals surface area contributed by atoms with Crippen molar-refractivity contribution in [3.8, 4) is 0 Å². The second-order valence-corrected chi connectivity index (χ2v) is 6.20. The number of hydrogen-bond donors (Lipinski definition) is 1. The van der Waals surface area contributed by atoms with E-state index in [9.17, 15) is 9.18 Å². The van der Waals surface area contributed by atoms with Crippen LogP contribution >= 0.6 is 11.6 Å². The van der Waals surface area contributed by atoms with Gasteiger partial charge in [0.05, 0.1) is 12.2 Å². The van der Waals surface area contributed by atoms with Gasteiger partial charge >= 0.3 is 5.97 Å². The molecule has 2 aromatic rings. The number of imidazole rings is 1. The molecule has 1 atom stereocenters. The van der Waals surface area contributed by atoms with Gasteiger partial charge in [-0.15, -0.1) is 0 Å². The summed E-state index contributed by atoms with van der Waals surface area (Å²) in [4.78, 5) is 21.4. The molecule has 0 saturated carbocycles. The van der Waals surface area contributed by atoms with Crippen molar-refractivity contribution in [2.45, 2.75) is 19.9 Å². The Morgan fingerprint density at radius 2 is 2.23 bits per heavy atom. The summed E-state index contributed by atoms with van der Waals surface area (Å²) in [6.07, 6.45) is 3.44. The van der Waals surface area contributed by atoms with Gasteiger partial charge in [-0.25, -0.2) is 14.2 Å². The first-order valence-electron chi connectivity index (χ1n) is 8.07. The van der Waals surface area contributed by atoms with Crippen LogP contribution < -0.4 is 5.32 Å². The van der Waals surface area contributed by atoms with Crippen molar-refractivity contribution in [2.75, 3.05) is 6.61 Å². The number of halogens is 2. The van der Waals surface area contributed by atoms with Gasteiger partial charge in [0, 0.05) is 35.7 Å². The molecule has 1 aliphatic heterocycles. The molecule has 0 aliphatic carbocycles. The van der Waals surface area contributed by atoms with Crippen molar-refractivity contribution in [3.05, 3.63) is 64.1 Å². The number of carbonyl (C=O) groups is 1. The minimum atomic E-state index is -0.727. The quantitative estimate of drug-likeness (QED) is 0.832. The molecule has 0 radical (unpaired) electrons. The largest absolute Gasteiger partial charge is 0.463 e. The lowest BCUT2D eigenvalue weighted by Crippen LogP contribution is -2.34. The fourth-order valence-electron chi connectivity index (χ4n) is 2.81. The molecule has 2 heterocycles. The molecule has 1 aromatic carbocycles. The maximum atomic E-state index is 13.5. The van der Waals surface area contributed by atoms with Crippen LogP contribution in [0.3, 0.4) is 0 Å². The molecule has 3 rings (SSSR count). The molecule has 0 unspecified atom stereocenters. The molecule has 26 heavy (non-hydrogen) atoms. The van der Waals surface area contributed by atoms with Crippen molar-refractivity contribution in [2.24, 2.45) is 12.0 Å². The number of ether oxygens (including phenoxy) is 1. The fraction of sp³-hybridized carbons (Fsp3) is 0.278. The van der Waals surface area contributed by atoms with E-state index in [-0.39, 0.29) is 11.6 Å². The summed E-state index contributed by atoms with van der Waals surface area (Å²) in [5, 5.41) is 3.30. The molecular weight excluding hydrogens is 359 g/mol. The molecule has 0 bridgehead atoms. The van der Waals surface area contributed by atoms with Gasteiger partial charge < -0.3 is 14.6 Å². The maximum Gasteiger partial charge on any atom is 0.338 e. The summed E-state index contributed by atoms with van der Waals surface area (Å²) >= 11 is 6.24. The number of aromatic nitrogens is 2. The predicted octanol–water partition coefficient (Wildman–Crippen LogP) is 3.14. The molecule has 1 N–H and O–H groups in total. The van der Waals surface area contributed by atoms with Crippen LogP contribution in [-0.4, -0.2) is 28.0 Å². The van der Waals surface area contributed by atoms with Crippen molar-refractivity contribution in [1.82, 2.24) is 14.9 Å². The number of hydrogen-bond acceptors (Lipinski definition) is 5. The summed E-state index contributed by atoms with van der Waals surface area (Å²) in [5.74, 6) is 0.147. The second kappa shape index (κ2) is 7.29. The van der Waals surface area contributed by atoms with E-state index >= 15 is 0 Å². The van der Waals surface area contributed by atoms with Gasteiger partial charge in [-0.05, 0) is 26.0 Å². The maximum absolute atomic E-state index is 13.5. The van der Waals surface area contributed by atoms with Gasteiger partial charge in [-0.2, -0.15) is 0 Å². The highest BCUT2D eigenvalue weighted by molar-refractivity contribution is 6.31. The van der Waals surface area contributed by atoms with E-state index in [2.05, 4.69) is 15.3 Å². The highest BCUT2D eigenvalue weighted by Gasteiger charge is 2.32. The van der Waals surface area contributed by atoms with Crippen molar-refractivity contribution in [1.29, 1.82) is 0 Å². The number of aryl methyl sites for hydroxylation is 1. The molecule has 6 nitrogen and oxygen atoms in total. The zero-order valence-electron chi connectivity index (χ0n) is 14.6. The molecule has 136 valence electrons.